The zero-order valence-electron chi connectivity index (χ0n) is 11.5. The number of nitrogens with one attached hydrogen (secondary N) is 1. The highest BCUT2D eigenvalue weighted by atomic mass is 35.5. The maximum atomic E-state index is 13.2. The summed E-state index contributed by atoms with van der Waals surface area (Å²) in [6, 6.07) is 5.76. The summed E-state index contributed by atoms with van der Waals surface area (Å²) in [6.07, 6.45) is 3.83. The molecule has 1 aromatic carbocycles. The first-order valence-electron chi connectivity index (χ1n) is 6.94. The van der Waals surface area contributed by atoms with E-state index in [0.29, 0.717) is 11.3 Å². The Morgan fingerprint density at radius 2 is 2.26 bits per heavy atom. The van der Waals surface area contributed by atoms with Crippen molar-refractivity contribution in [1.29, 1.82) is 0 Å². The lowest BCUT2D eigenvalue weighted by atomic mass is 10.1. The van der Waals surface area contributed by atoms with E-state index in [4.69, 9.17) is 11.6 Å². The maximum Gasteiger partial charge on any atom is 0.141 e. The number of halogens is 2. The van der Waals surface area contributed by atoms with E-state index in [2.05, 4.69) is 19.2 Å². The molecular formula is C15H21ClFNS. The standard InChI is InChI=1S/C15H21ClFNS/c1-3-19-15-6-4-5-14(15)18-10(2)11-7-8-13(17)12(16)9-11/h7-10,14-15,18H,3-6H2,1-2H3. The fourth-order valence-electron chi connectivity index (χ4n) is 2.73. The molecule has 1 saturated carbocycles. The highest BCUT2D eigenvalue weighted by molar-refractivity contribution is 7.99. The van der Waals surface area contributed by atoms with E-state index >= 15 is 0 Å². The molecule has 1 aliphatic carbocycles. The second kappa shape index (κ2) is 6.96. The summed E-state index contributed by atoms with van der Waals surface area (Å²) in [4.78, 5) is 0. The molecule has 0 saturated heterocycles. The highest BCUT2D eigenvalue weighted by Gasteiger charge is 2.28. The minimum Gasteiger partial charge on any atom is -0.306 e. The molecule has 0 radical (unpaired) electrons. The fraction of sp³-hybridized carbons (Fsp3) is 0.600. The third kappa shape index (κ3) is 3.87. The minimum absolute atomic E-state index is 0.206. The van der Waals surface area contributed by atoms with Crippen LogP contribution in [-0.2, 0) is 0 Å². The summed E-state index contributed by atoms with van der Waals surface area (Å²) < 4.78 is 13.2. The van der Waals surface area contributed by atoms with Gasteiger partial charge in [0.25, 0.3) is 0 Å². The zero-order chi connectivity index (χ0) is 13.8. The van der Waals surface area contributed by atoms with Crippen LogP contribution in [0.2, 0.25) is 5.02 Å². The molecule has 19 heavy (non-hydrogen) atoms. The molecule has 106 valence electrons. The molecule has 4 heteroatoms. The Kier molecular flexibility index (Phi) is 5.55. The topological polar surface area (TPSA) is 12.0 Å². The van der Waals surface area contributed by atoms with Crippen LogP contribution in [0.3, 0.4) is 0 Å². The molecule has 0 spiro atoms. The first-order chi connectivity index (χ1) is 9.11. The lowest BCUT2D eigenvalue weighted by molar-refractivity contribution is 0.467. The lowest BCUT2D eigenvalue weighted by Crippen LogP contribution is -2.36. The molecule has 1 aromatic rings. The van der Waals surface area contributed by atoms with E-state index in [0.717, 1.165) is 5.56 Å². The van der Waals surface area contributed by atoms with Gasteiger partial charge in [0.1, 0.15) is 5.82 Å². The van der Waals surface area contributed by atoms with Crippen LogP contribution in [0.5, 0.6) is 0 Å². The predicted molar refractivity (Wildman–Crippen MR) is 82.5 cm³/mol. The molecule has 2 rings (SSSR count). The lowest BCUT2D eigenvalue weighted by Gasteiger charge is -2.25. The van der Waals surface area contributed by atoms with Crippen molar-refractivity contribution in [3.63, 3.8) is 0 Å². The van der Waals surface area contributed by atoms with Gasteiger partial charge in [-0.25, -0.2) is 4.39 Å². The van der Waals surface area contributed by atoms with Crippen LogP contribution < -0.4 is 5.32 Å². The number of benzene rings is 1. The molecule has 3 unspecified atom stereocenters. The van der Waals surface area contributed by atoms with Crippen molar-refractivity contribution in [3.8, 4) is 0 Å². The van der Waals surface area contributed by atoms with Gasteiger partial charge in [0.2, 0.25) is 0 Å². The summed E-state index contributed by atoms with van der Waals surface area (Å²) in [5.41, 5.74) is 1.05. The van der Waals surface area contributed by atoms with Gasteiger partial charge >= 0.3 is 0 Å². The van der Waals surface area contributed by atoms with Crippen LogP contribution in [0.25, 0.3) is 0 Å². The Labute approximate surface area is 124 Å². The normalized spacial score (nSPS) is 24.6. The summed E-state index contributed by atoms with van der Waals surface area (Å²) >= 11 is 7.89. The summed E-state index contributed by atoms with van der Waals surface area (Å²) in [5, 5.41) is 4.59. The van der Waals surface area contributed by atoms with Crippen molar-refractivity contribution >= 4 is 23.4 Å². The van der Waals surface area contributed by atoms with E-state index < -0.39 is 0 Å². The van der Waals surface area contributed by atoms with Crippen LogP contribution in [-0.4, -0.2) is 17.0 Å². The molecule has 1 N–H and O–H groups in total. The molecular weight excluding hydrogens is 281 g/mol. The van der Waals surface area contributed by atoms with E-state index in [1.807, 2.05) is 17.8 Å². The summed E-state index contributed by atoms with van der Waals surface area (Å²) in [7, 11) is 0. The van der Waals surface area contributed by atoms with Gasteiger partial charge in [-0.15, -0.1) is 0 Å². The molecule has 0 amide bonds. The number of hydrogen-bond acceptors (Lipinski definition) is 2. The molecule has 1 nitrogen and oxygen atoms in total. The van der Waals surface area contributed by atoms with Crippen molar-refractivity contribution in [1.82, 2.24) is 5.32 Å². The fourth-order valence-corrected chi connectivity index (χ4v) is 4.13. The van der Waals surface area contributed by atoms with Gasteiger partial charge in [-0.1, -0.05) is 31.0 Å². The molecule has 3 atom stereocenters. The van der Waals surface area contributed by atoms with Crippen molar-refractivity contribution < 1.29 is 4.39 Å². The molecule has 0 aromatic heterocycles. The second-order valence-electron chi connectivity index (χ2n) is 5.09. The third-order valence-corrected chi connectivity index (χ3v) is 5.36. The maximum absolute atomic E-state index is 13.2. The molecule has 1 aliphatic rings. The Morgan fingerprint density at radius 3 is 2.95 bits per heavy atom. The Hall–Kier alpha value is -0.250. The van der Waals surface area contributed by atoms with E-state index in [9.17, 15) is 4.39 Å². The number of hydrogen-bond donors (Lipinski definition) is 1. The van der Waals surface area contributed by atoms with Crippen LogP contribution in [0.4, 0.5) is 4.39 Å². The molecule has 0 aliphatic heterocycles. The van der Waals surface area contributed by atoms with Gasteiger partial charge in [-0.2, -0.15) is 11.8 Å². The Bertz CT molecular complexity index is 427. The molecule has 0 heterocycles. The predicted octanol–water partition coefficient (Wildman–Crippen LogP) is 4.80. The largest absolute Gasteiger partial charge is 0.306 e. The molecule has 0 bridgehead atoms. The summed E-state index contributed by atoms with van der Waals surface area (Å²) in [5.74, 6) is 0.817. The Morgan fingerprint density at radius 1 is 1.47 bits per heavy atom. The van der Waals surface area contributed by atoms with Crippen molar-refractivity contribution in [2.24, 2.45) is 0 Å². The summed E-state index contributed by atoms with van der Waals surface area (Å²) in [6.45, 7) is 4.33. The SMILES string of the molecule is CCSC1CCCC1NC(C)c1ccc(F)c(Cl)c1. The van der Waals surface area contributed by atoms with Crippen molar-refractivity contribution in [2.75, 3.05) is 5.75 Å². The van der Waals surface area contributed by atoms with Crippen LogP contribution in [0, 0.1) is 5.82 Å². The van der Waals surface area contributed by atoms with Crippen molar-refractivity contribution in [2.45, 2.75) is 50.4 Å². The monoisotopic (exact) mass is 301 g/mol. The first kappa shape index (κ1) is 15.1. The number of thioether (sulfide) groups is 1. The van der Waals surface area contributed by atoms with Crippen molar-refractivity contribution in [3.05, 3.63) is 34.6 Å². The average Bonchev–Trinajstić information content (AvgIpc) is 2.80. The minimum atomic E-state index is -0.349. The average molecular weight is 302 g/mol. The van der Waals surface area contributed by atoms with Gasteiger partial charge in [0, 0.05) is 17.3 Å². The third-order valence-electron chi connectivity index (χ3n) is 3.74. The van der Waals surface area contributed by atoms with Gasteiger partial charge in [0.05, 0.1) is 5.02 Å². The zero-order valence-corrected chi connectivity index (χ0v) is 13.0. The van der Waals surface area contributed by atoms with Gasteiger partial charge in [-0.05, 0) is 43.2 Å². The van der Waals surface area contributed by atoms with Gasteiger partial charge < -0.3 is 5.32 Å². The quantitative estimate of drug-likeness (QED) is 0.838. The number of rotatable bonds is 5. The van der Waals surface area contributed by atoms with Gasteiger partial charge in [0.15, 0.2) is 0 Å². The van der Waals surface area contributed by atoms with Crippen LogP contribution in [0.1, 0.15) is 44.7 Å². The second-order valence-corrected chi connectivity index (χ2v) is 7.02. The Balaban J connectivity index is 1.99. The van der Waals surface area contributed by atoms with Crippen LogP contribution in [0.15, 0.2) is 18.2 Å². The first-order valence-corrected chi connectivity index (χ1v) is 8.37. The van der Waals surface area contributed by atoms with Crippen LogP contribution >= 0.6 is 23.4 Å². The highest BCUT2D eigenvalue weighted by Crippen LogP contribution is 2.31. The van der Waals surface area contributed by atoms with E-state index in [1.54, 1.807) is 6.07 Å². The van der Waals surface area contributed by atoms with E-state index in [1.165, 1.54) is 31.1 Å². The molecule has 1 fully saturated rings. The smallest absolute Gasteiger partial charge is 0.141 e. The van der Waals surface area contributed by atoms with Gasteiger partial charge in [-0.3, -0.25) is 0 Å². The van der Waals surface area contributed by atoms with E-state index in [-0.39, 0.29) is 16.9 Å².